The van der Waals surface area contributed by atoms with Crippen LogP contribution in [0.3, 0.4) is 0 Å². The summed E-state index contributed by atoms with van der Waals surface area (Å²) < 4.78 is 5.47. The van der Waals surface area contributed by atoms with Crippen LogP contribution in [0.25, 0.3) is 0 Å². The Morgan fingerprint density at radius 3 is 2.58 bits per heavy atom. The summed E-state index contributed by atoms with van der Waals surface area (Å²) in [6, 6.07) is 6.29. The fourth-order valence-electron chi connectivity index (χ4n) is 2.97. The maximum atomic E-state index is 12.6. The highest BCUT2D eigenvalue weighted by Crippen LogP contribution is 2.24. The third-order valence-electron chi connectivity index (χ3n) is 4.52. The van der Waals surface area contributed by atoms with Crippen molar-refractivity contribution in [2.24, 2.45) is 0 Å². The van der Waals surface area contributed by atoms with Gasteiger partial charge < -0.3 is 15.2 Å². The van der Waals surface area contributed by atoms with Crippen LogP contribution in [0.15, 0.2) is 24.3 Å². The number of halogens is 1. The average molecular weight is 383 g/mol. The summed E-state index contributed by atoms with van der Waals surface area (Å²) >= 11 is 5.81. The molecule has 0 bridgehead atoms. The average Bonchev–Trinajstić information content (AvgIpc) is 2.82. The van der Waals surface area contributed by atoms with Gasteiger partial charge in [0.25, 0.3) is 5.91 Å². The van der Waals surface area contributed by atoms with E-state index >= 15 is 0 Å². The molecule has 144 valence electrons. The molecule has 26 heavy (non-hydrogen) atoms. The number of nitrogens with one attached hydrogen (secondary N) is 1. The van der Waals surface area contributed by atoms with E-state index in [0.29, 0.717) is 17.2 Å². The van der Waals surface area contributed by atoms with Crippen molar-refractivity contribution in [3.05, 3.63) is 29.3 Å². The van der Waals surface area contributed by atoms with E-state index in [4.69, 9.17) is 16.3 Å². The zero-order valence-electron chi connectivity index (χ0n) is 15.3. The van der Waals surface area contributed by atoms with Crippen molar-refractivity contribution in [1.82, 2.24) is 10.2 Å². The number of unbranched alkanes of at least 4 members (excludes halogenated alkanes) is 3. The lowest BCUT2D eigenvalue weighted by molar-refractivity contribution is -0.132. The van der Waals surface area contributed by atoms with Crippen LogP contribution in [0, 0.1) is 0 Å². The van der Waals surface area contributed by atoms with Gasteiger partial charge in [-0.25, -0.2) is 4.79 Å². The van der Waals surface area contributed by atoms with E-state index in [2.05, 4.69) is 12.2 Å². The monoisotopic (exact) mass is 382 g/mol. The van der Waals surface area contributed by atoms with E-state index in [0.717, 1.165) is 30.6 Å². The third-order valence-corrected chi connectivity index (χ3v) is 4.78. The maximum Gasteiger partial charge on any atom is 0.325 e. The number of amides is 3. The molecule has 0 saturated carbocycles. The largest absolute Gasteiger partial charge is 0.491 e. The number of imide groups is 1. The summed E-state index contributed by atoms with van der Waals surface area (Å²) in [5, 5.41) is 13.5. The van der Waals surface area contributed by atoms with Crippen molar-refractivity contribution in [2.75, 3.05) is 13.2 Å². The molecule has 1 saturated heterocycles. The van der Waals surface area contributed by atoms with E-state index in [1.165, 1.54) is 0 Å². The van der Waals surface area contributed by atoms with Crippen LogP contribution in [0.1, 0.15) is 46.0 Å². The molecule has 0 aliphatic carbocycles. The Kier molecular flexibility index (Phi) is 7.29. The van der Waals surface area contributed by atoms with Crippen molar-refractivity contribution in [2.45, 2.75) is 57.6 Å². The zero-order chi connectivity index (χ0) is 19.2. The van der Waals surface area contributed by atoms with Crippen LogP contribution in [0.4, 0.5) is 4.79 Å². The van der Waals surface area contributed by atoms with Gasteiger partial charge in [-0.05, 0) is 37.6 Å². The van der Waals surface area contributed by atoms with Gasteiger partial charge in [-0.1, -0.05) is 44.2 Å². The van der Waals surface area contributed by atoms with Gasteiger partial charge >= 0.3 is 6.03 Å². The van der Waals surface area contributed by atoms with Crippen LogP contribution >= 0.6 is 11.6 Å². The Morgan fingerprint density at radius 2 is 1.92 bits per heavy atom. The summed E-state index contributed by atoms with van der Waals surface area (Å²) in [4.78, 5) is 25.9. The van der Waals surface area contributed by atoms with Crippen LogP contribution in [0.2, 0.25) is 5.02 Å². The molecular weight excluding hydrogens is 356 g/mol. The number of benzene rings is 1. The summed E-state index contributed by atoms with van der Waals surface area (Å²) in [5.74, 6) is 0.274. The van der Waals surface area contributed by atoms with Crippen molar-refractivity contribution >= 4 is 23.5 Å². The first kappa shape index (κ1) is 20.5. The zero-order valence-corrected chi connectivity index (χ0v) is 16.1. The standard InChI is InChI=1S/C19H27ClN2O4/c1-3-4-5-6-11-19(2)17(24)22(18(25)21-19)12-15(23)13-26-16-9-7-14(20)8-10-16/h7-10,15,23H,3-6,11-13H2,1-2H3,(H,21,25)/t15-,19+/m0/s1. The number of carbonyl (C=O) groups is 2. The molecule has 1 heterocycles. The van der Waals surface area contributed by atoms with Gasteiger partial charge in [-0.2, -0.15) is 0 Å². The lowest BCUT2D eigenvalue weighted by Gasteiger charge is -2.22. The lowest BCUT2D eigenvalue weighted by Crippen LogP contribution is -2.45. The second-order valence-electron chi connectivity index (χ2n) is 6.91. The van der Waals surface area contributed by atoms with Crippen molar-refractivity contribution in [3.8, 4) is 5.75 Å². The van der Waals surface area contributed by atoms with Crippen molar-refractivity contribution < 1.29 is 19.4 Å². The quantitative estimate of drug-likeness (QED) is 0.480. The molecule has 1 aliphatic rings. The second kappa shape index (κ2) is 9.24. The van der Waals surface area contributed by atoms with Gasteiger partial charge in [0.1, 0.15) is 24.0 Å². The van der Waals surface area contributed by atoms with Gasteiger partial charge in [0.05, 0.1) is 6.54 Å². The minimum Gasteiger partial charge on any atom is -0.491 e. The molecule has 7 heteroatoms. The van der Waals surface area contributed by atoms with Crippen LogP contribution in [0.5, 0.6) is 5.75 Å². The minimum atomic E-state index is -0.970. The summed E-state index contributed by atoms with van der Waals surface area (Å²) in [5.41, 5.74) is -0.887. The van der Waals surface area contributed by atoms with Crippen LogP contribution in [-0.2, 0) is 4.79 Å². The number of aliphatic hydroxyl groups excluding tert-OH is 1. The number of hydrogen-bond acceptors (Lipinski definition) is 4. The molecule has 1 fully saturated rings. The lowest BCUT2D eigenvalue weighted by atomic mass is 9.94. The van der Waals surface area contributed by atoms with Gasteiger partial charge in [-0.3, -0.25) is 9.69 Å². The first-order valence-electron chi connectivity index (χ1n) is 9.06. The molecule has 1 aliphatic heterocycles. The summed E-state index contributed by atoms with van der Waals surface area (Å²) in [7, 11) is 0. The molecule has 0 spiro atoms. The molecule has 1 aromatic rings. The maximum absolute atomic E-state index is 12.6. The number of urea groups is 1. The molecule has 1 aromatic carbocycles. The van der Waals surface area contributed by atoms with Gasteiger partial charge in [0, 0.05) is 5.02 Å². The number of nitrogens with zero attached hydrogens (tertiary/aromatic N) is 1. The topological polar surface area (TPSA) is 78.9 Å². The number of carbonyl (C=O) groups excluding carboxylic acids is 2. The molecule has 6 nitrogen and oxygen atoms in total. The molecule has 0 aromatic heterocycles. The van der Waals surface area contributed by atoms with Gasteiger partial charge in [-0.15, -0.1) is 0 Å². The van der Waals surface area contributed by atoms with Crippen molar-refractivity contribution in [1.29, 1.82) is 0 Å². The Balaban J connectivity index is 1.84. The highest BCUT2D eigenvalue weighted by atomic mass is 35.5. The van der Waals surface area contributed by atoms with Gasteiger partial charge in [0.15, 0.2) is 0 Å². The Morgan fingerprint density at radius 1 is 1.23 bits per heavy atom. The second-order valence-corrected chi connectivity index (χ2v) is 7.34. The first-order valence-corrected chi connectivity index (χ1v) is 9.44. The van der Waals surface area contributed by atoms with Crippen LogP contribution in [-0.4, -0.2) is 46.7 Å². The van der Waals surface area contributed by atoms with E-state index in [1.54, 1.807) is 31.2 Å². The molecule has 2 rings (SSSR count). The van der Waals surface area contributed by atoms with E-state index in [9.17, 15) is 14.7 Å². The number of ether oxygens (including phenoxy) is 1. The molecule has 2 atom stereocenters. The number of β-amino-alcohol motifs (C(OH)–C–C–N with tert-alkyl or cyclic N) is 1. The number of hydrogen-bond donors (Lipinski definition) is 2. The SMILES string of the molecule is CCCCCC[C@@]1(C)NC(=O)N(C[C@H](O)COc2ccc(Cl)cc2)C1=O. The highest BCUT2D eigenvalue weighted by Gasteiger charge is 2.47. The fourth-order valence-corrected chi connectivity index (χ4v) is 3.10. The van der Waals surface area contributed by atoms with Crippen LogP contribution < -0.4 is 10.1 Å². The predicted molar refractivity (Wildman–Crippen MR) is 100 cm³/mol. The van der Waals surface area contributed by atoms with Crippen molar-refractivity contribution in [3.63, 3.8) is 0 Å². The highest BCUT2D eigenvalue weighted by molar-refractivity contribution is 6.30. The smallest absolute Gasteiger partial charge is 0.325 e. The summed E-state index contributed by atoms with van der Waals surface area (Å²) in [6.45, 7) is 3.75. The Bertz CT molecular complexity index is 622. The summed E-state index contributed by atoms with van der Waals surface area (Å²) in [6.07, 6.45) is 3.78. The van der Waals surface area contributed by atoms with Gasteiger partial charge in [0.2, 0.25) is 0 Å². The predicted octanol–water partition coefficient (Wildman–Crippen LogP) is 3.36. The first-order chi connectivity index (χ1) is 12.4. The Labute approximate surface area is 159 Å². The number of aliphatic hydroxyl groups is 1. The Hall–Kier alpha value is -1.79. The molecule has 0 radical (unpaired) electrons. The van der Waals surface area contributed by atoms with E-state index in [-0.39, 0.29) is 19.1 Å². The molecule has 3 amide bonds. The molecule has 0 unspecified atom stereocenters. The minimum absolute atomic E-state index is 0.0219. The number of rotatable bonds is 10. The normalized spacial score (nSPS) is 21.0. The fraction of sp³-hybridized carbons (Fsp3) is 0.579. The molecule has 2 N–H and O–H groups in total. The van der Waals surface area contributed by atoms with E-state index in [1.807, 2.05) is 0 Å². The third kappa shape index (κ3) is 5.35. The van der Waals surface area contributed by atoms with E-state index < -0.39 is 17.7 Å². The molecular formula is C19H27ClN2O4.